The average Bonchev–Trinajstić information content (AvgIpc) is 2.58. The molecule has 2 N–H and O–H groups in total. The highest BCUT2D eigenvalue weighted by atomic mass is 16.3. The molecule has 0 bridgehead atoms. The van der Waals surface area contributed by atoms with Crippen molar-refractivity contribution in [1.29, 1.82) is 0 Å². The van der Waals surface area contributed by atoms with Gasteiger partial charge in [0.2, 0.25) is 5.91 Å². The lowest BCUT2D eigenvalue weighted by Gasteiger charge is -2.34. The van der Waals surface area contributed by atoms with E-state index in [2.05, 4.69) is 34.5 Å². The number of piperidine rings is 1. The monoisotopic (exact) mass is 316 g/mol. The minimum absolute atomic E-state index is 0.0291. The Morgan fingerprint density at radius 2 is 1.78 bits per heavy atom. The summed E-state index contributed by atoms with van der Waals surface area (Å²) in [6, 6.07) is 10.5. The van der Waals surface area contributed by atoms with Gasteiger partial charge in [-0.2, -0.15) is 0 Å². The van der Waals surface area contributed by atoms with Gasteiger partial charge in [-0.3, -0.25) is 9.69 Å². The fraction of sp³-hybridized carbons (Fsp3) is 0.632. The zero-order valence-corrected chi connectivity index (χ0v) is 13.8. The number of nitrogens with zero attached hydrogens (tertiary/aromatic N) is 1. The third-order valence-electron chi connectivity index (χ3n) is 5.26. The summed E-state index contributed by atoms with van der Waals surface area (Å²) in [5.41, 5.74) is 1.33. The van der Waals surface area contributed by atoms with Crippen molar-refractivity contribution in [3.05, 3.63) is 35.9 Å². The van der Waals surface area contributed by atoms with Crippen LogP contribution in [0.1, 0.15) is 44.1 Å². The summed E-state index contributed by atoms with van der Waals surface area (Å²) in [5, 5.41) is 13.1. The third-order valence-corrected chi connectivity index (χ3v) is 5.26. The first-order valence-electron chi connectivity index (χ1n) is 8.97. The van der Waals surface area contributed by atoms with Gasteiger partial charge in [0.05, 0.1) is 12.1 Å². The van der Waals surface area contributed by atoms with Crippen LogP contribution in [0.5, 0.6) is 0 Å². The van der Waals surface area contributed by atoms with Crippen molar-refractivity contribution in [2.24, 2.45) is 5.92 Å². The summed E-state index contributed by atoms with van der Waals surface area (Å²) < 4.78 is 0. The summed E-state index contributed by atoms with van der Waals surface area (Å²) in [6.07, 6.45) is 5.40. The highest BCUT2D eigenvalue weighted by molar-refractivity contribution is 5.79. The van der Waals surface area contributed by atoms with Crippen molar-refractivity contribution in [3.63, 3.8) is 0 Å². The minimum atomic E-state index is -0.356. The molecule has 1 amide bonds. The van der Waals surface area contributed by atoms with Crippen LogP contribution in [0.15, 0.2) is 30.3 Å². The SMILES string of the molecule is O=C(N[C@@H]1CCCC[C@H]1O)C1CCN(Cc2ccccc2)CC1. The first-order chi connectivity index (χ1) is 11.2. The van der Waals surface area contributed by atoms with Gasteiger partial charge in [0.25, 0.3) is 0 Å². The van der Waals surface area contributed by atoms with E-state index >= 15 is 0 Å². The normalized spacial score (nSPS) is 26.8. The van der Waals surface area contributed by atoms with Crippen molar-refractivity contribution in [3.8, 4) is 0 Å². The lowest BCUT2D eigenvalue weighted by atomic mass is 9.90. The fourth-order valence-electron chi connectivity index (χ4n) is 3.78. The molecule has 1 aromatic rings. The maximum atomic E-state index is 12.4. The molecule has 4 nitrogen and oxygen atoms in total. The number of aliphatic hydroxyl groups excluding tert-OH is 1. The zero-order chi connectivity index (χ0) is 16.1. The maximum Gasteiger partial charge on any atom is 0.223 e. The molecule has 0 unspecified atom stereocenters. The van der Waals surface area contributed by atoms with Gasteiger partial charge in [-0.1, -0.05) is 43.2 Å². The van der Waals surface area contributed by atoms with Crippen molar-refractivity contribution in [1.82, 2.24) is 10.2 Å². The second kappa shape index (κ2) is 7.93. The number of hydrogen-bond acceptors (Lipinski definition) is 3. The fourth-order valence-corrected chi connectivity index (χ4v) is 3.78. The molecule has 23 heavy (non-hydrogen) atoms. The average molecular weight is 316 g/mol. The molecule has 126 valence electrons. The Kier molecular flexibility index (Phi) is 5.68. The number of carbonyl (C=O) groups is 1. The second-order valence-corrected chi connectivity index (χ2v) is 7.00. The van der Waals surface area contributed by atoms with E-state index in [4.69, 9.17) is 0 Å². The van der Waals surface area contributed by atoms with E-state index < -0.39 is 0 Å². The van der Waals surface area contributed by atoms with Crippen LogP contribution < -0.4 is 5.32 Å². The zero-order valence-electron chi connectivity index (χ0n) is 13.8. The molecular weight excluding hydrogens is 288 g/mol. The molecule has 3 rings (SSSR count). The number of benzene rings is 1. The smallest absolute Gasteiger partial charge is 0.223 e. The topological polar surface area (TPSA) is 52.6 Å². The Morgan fingerprint density at radius 1 is 1.09 bits per heavy atom. The molecule has 2 aliphatic rings. The molecule has 1 heterocycles. The molecular formula is C19H28N2O2. The standard InChI is InChI=1S/C19H28N2O2/c22-18-9-5-4-8-17(18)20-19(23)16-10-12-21(13-11-16)14-15-6-2-1-3-7-15/h1-3,6-7,16-18,22H,4-5,8-14H2,(H,20,23)/t17-,18-/m1/s1. The van der Waals surface area contributed by atoms with Crippen LogP contribution in [0.2, 0.25) is 0 Å². The van der Waals surface area contributed by atoms with E-state index in [0.717, 1.165) is 58.2 Å². The molecule has 2 fully saturated rings. The van der Waals surface area contributed by atoms with Gasteiger partial charge in [0, 0.05) is 12.5 Å². The summed E-state index contributed by atoms with van der Waals surface area (Å²) in [7, 11) is 0. The first-order valence-corrected chi connectivity index (χ1v) is 8.97. The lowest BCUT2D eigenvalue weighted by Crippen LogP contribution is -2.49. The van der Waals surface area contributed by atoms with Crippen LogP contribution in [-0.2, 0) is 11.3 Å². The molecule has 1 saturated heterocycles. The summed E-state index contributed by atoms with van der Waals surface area (Å²) in [5.74, 6) is 0.256. The van der Waals surface area contributed by atoms with E-state index in [9.17, 15) is 9.90 Å². The molecule has 2 atom stereocenters. The summed E-state index contributed by atoms with van der Waals surface area (Å²) in [6.45, 7) is 2.91. The third kappa shape index (κ3) is 4.55. The van der Waals surface area contributed by atoms with Gasteiger partial charge in [-0.15, -0.1) is 0 Å². The lowest BCUT2D eigenvalue weighted by molar-refractivity contribution is -0.128. The van der Waals surface area contributed by atoms with Gasteiger partial charge in [0.15, 0.2) is 0 Å². The maximum absolute atomic E-state index is 12.4. The summed E-state index contributed by atoms with van der Waals surface area (Å²) in [4.78, 5) is 14.9. The van der Waals surface area contributed by atoms with Crippen LogP contribution in [0.4, 0.5) is 0 Å². The Morgan fingerprint density at radius 3 is 2.48 bits per heavy atom. The molecule has 1 aliphatic carbocycles. The van der Waals surface area contributed by atoms with Crippen LogP contribution in [0, 0.1) is 5.92 Å². The van der Waals surface area contributed by atoms with Crippen molar-refractivity contribution >= 4 is 5.91 Å². The van der Waals surface area contributed by atoms with E-state index in [-0.39, 0.29) is 24.0 Å². The number of amides is 1. The largest absolute Gasteiger partial charge is 0.391 e. The van der Waals surface area contributed by atoms with E-state index in [1.54, 1.807) is 0 Å². The number of nitrogens with one attached hydrogen (secondary N) is 1. The van der Waals surface area contributed by atoms with E-state index in [1.165, 1.54) is 5.56 Å². The number of rotatable bonds is 4. The molecule has 1 aromatic carbocycles. The van der Waals surface area contributed by atoms with Crippen molar-refractivity contribution < 1.29 is 9.90 Å². The number of likely N-dealkylation sites (tertiary alicyclic amines) is 1. The van der Waals surface area contributed by atoms with E-state index in [1.807, 2.05) is 6.07 Å². The molecule has 0 spiro atoms. The van der Waals surface area contributed by atoms with Crippen LogP contribution >= 0.6 is 0 Å². The number of hydrogen-bond donors (Lipinski definition) is 2. The Bertz CT molecular complexity index is 497. The number of carbonyl (C=O) groups excluding carboxylic acids is 1. The molecule has 1 aliphatic heterocycles. The minimum Gasteiger partial charge on any atom is -0.391 e. The molecule has 0 radical (unpaired) electrons. The second-order valence-electron chi connectivity index (χ2n) is 7.00. The highest BCUT2D eigenvalue weighted by Crippen LogP contribution is 2.22. The van der Waals surface area contributed by atoms with Crippen molar-refractivity contribution in [2.45, 2.75) is 57.2 Å². The highest BCUT2D eigenvalue weighted by Gasteiger charge is 2.29. The predicted molar refractivity (Wildman–Crippen MR) is 90.8 cm³/mol. The van der Waals surface area contributed by atoms with Gasteiger partial charge >= 0.3 is 0 Å². The van der Waals surface area contributed by atoms with Gasteiger partial charge < -0.3 is 10.4 Å². The van der Waals surface area contributed by atoms with E-state index in [0.29, 0.717) is 0 Å². The molecule has 4 heteroatoms. The summed E-state index contributed by atoms with van der Waals surface area (Å²) >= 11 is 0. The van der Waals surface area contributed by atoms with Crippen LogP contribution in [-0.4, -0.2) is 41.1 Å². The van der Waals surface area contributed by atoms with Gasteiger partial charge in [-0.25, -0.2) is 0 Å². The quantitative estimate of drug-likeness (QED) is 0.896. The first kappa shape index (κ1) is 16.5. The van der Waals surface area contributed by atoms with Crippen LogP contribution in [0.25, 0.3) is 0 Å². The molecule has 0 aromatic heterocycles. The van der Waals surface area contributed by atoms with Crippen LogP contribution in [0.3, 0.4) is 0 Å². The Labute approximate surface area is 138 Å². The van der Waals surface area contributed by atoms with Crippen molar-refractivity contribution in [2.75, 3.05) is 13.1 Å². The number of aliphatic hydroxyl groups is 1. The van der Waals surface area contributed by atoms with Gasteiger partial charge in [0.1, 0.15) is 0 Å². The van der Waals surface area contributed by atoms with Gasteiger partial charge in [-0.05, 0) is 44.3 Å². The molecule has 1 saturated carbocycles. The Balaban J connectivity index is 1.44. The Hall–Kier alpha value is -1.39. The predicted octanol–water partition coefficient (Wildman–Crippen LogP) is 2.32.